The summed E-state index contributed by atoms with van der Waals surface area (Å²) in [6.07, 6.45) is 0.959. The maximum atomic E-state index is 5.16. The summed E-state index contributed by atoms with van der Waals surface area (Å²) in [5.74, 6) is 1.76. The molecule has 2 N–H and O–H groups in total. The molecule has 0 aliphatic carbocycles. The van der Waals surface area contributed by atoms with E-state index in [1.54, 1.807) is 14.2 Å². The molecule has 0 amide bonds. The molecule has 1 aromatic carbocycles. The van der Waals surface area contributed by atoms with Crippen LogP contribution in [-0.4, -0.2) is 57.7 Å². The first kappa shape index (κ1) is 18.3. The van der Waals surface area contributed by atoms with Crippen LogP contribution in [0.15, 0.2) is 29.3 Å². The first-order valence-electron chi connectivity index (χ1n) is 8.03. The number of likely N-dealkylation sites (N-methyl/N-ethyl adjacent to an activating group) is 1. The lowest BCUT2D eigenvalue weighted by molar-refractivity contribution is 0.308. The highest BCUT2D eigenvalue weighted by Gasteiger charge is 2.01. The van der Waals surface area contributed by atoms with E-state index >= 15 is 0 Å². The number of nitrogens with zero attached hydrogens (tertiary/aromatic N) is 2. The second-order valence-corrected chi connectivity index (χ2v) is 5.05. The summed E-state index contributed by atoms with van der Waals surface area (Å²) in [7, 11) is 3.49. The molecular formula is C17H30N4O. The van der Waals surface area contributed by atoms with Crippen LogP contribution in [-0.2, 0) is 6.42 Å². The second-order valence-electron chi connectivity index (χ2n) is 5.05. The highest BCUT2D eigenvalue weighted by atomic mass is 16.5. The van der Waals surface area contributed by atoms with Gasteiger partial charge < -0.3 is 20.3 Å². The number of benzene rings is 1. The average Bonchev–Trinajstić information content (AvgIpc) is 2.57. The molecule has 124 valence electrons. The highest BCUT2D eigenvalue weighted by Crippen LogP contribution is 2.11. The third-order valence-corrected chi connectivity index (χ3v) is 3.70. The predicted octanol–water partition coefficient (Wildman–Crippen LogP) is 1.74. The monoisotopic (exact) mass is 306 g/mol. The fourth-order valence-electron chi connectivity index (χ4n) is 2.21. The molecule has 5 nitrogen and oxygen atoms in total. The zero-order chi connectivity index (χ0) is 16.2. The number of aliphatic imine (C=N–C) groups is 1. The number of rotatable bonds is 9. The summed E-state index contributed by atoms with van der Waals surface area (Å²) in [5, 5.41) is 6.70. The van der Waals surface area contributed by atoms with Gasteiger partial charge in [0, 0.05) is 26.7 Å². The van der Waals surface area contributed by atoms with Gasteiger partial charge in [-0.3, -0.25) is 4.99 Å². The SMILES string of the molecule is CCN(CC)CCNC(=NC)NCCc1ccc(OC)cc1. The Bertz CT molecular complexity index is 427. The van der Waals surface area contributed by atoms with Crippen LogP contribution < -0.4 is 15.4 Å². The summed E-state index contributed by atoms with van der Waals surface area (Å²) < 4.78 is 5.16. The van der Waals surface area contributed by atoms with Crippen LogP contribution in [0.2, 0.25) is 0 Å². The third-order valence-electron chi connectivity index (χ3n) is 3.70. The van der Waals surface area contributed by atoms with Crippen molar-refractivity contribution in [2.75, 3.05) is 46.9 Å². The van der Waals surface area contributed by atoms with E-state index in [4.69, 9.17) is 4.74 Å². The smallest absolute Gasteiger partial charge is 0.191 e. The molecule has 0 spiro atoms. The maximum absolute atomic E-state index is 5.16. The van der Waals surface area contributed by atoms with E-state index in [0.717, 1.165) is 50.9 Å². The van der Waals surface area contributed by atoms with Crippen molar-refractivity contribution in [1.82, 2.24) is 15.5 Å². The first-order valence-corrected chi connectivity index (χ1v) is 8.03. The van der Waals surface area contributed by atoms with E-state index in [1.807, 2.05) is 12.1 Å². The Kier molecular flexibility index (Phi) is 9.07. The van der Waals surface area contributed by atoms with E-state index in [0.29, 0.717) is 0 Å². The number of guanidine groups is 1. The molecule has 0 bridgehead atoms. The Morgan fingerprint density at radius 3 is 2.27 bits per heavy atom. The van der Waals surface area contributed by atoms with Crippen LogP contribution in [0.1, 0.15) is 19.4 Å². The fourth-order valence-corrected chi connectivity index (χ4v) is 2.21. The van der Waals surface area contributed by atoms with Gasteiger partial charge in [0.1, 0.15) is 5.75 Å². The summed E-state index contributed by atoms with van der Waals surface area (Å²) in [6.45, 7) is 9.34. The molecule has 1 aromatic rings. The minimum Gasteiger partial charge on any atom is -0.497 e. The Balaban J connectivity index is 2.25. The maximum Gasteiger partial charge on any atom is 0.191 e. The Hall–Kier alpha value is -1.75. The predicted molar refractivity (Wildman–Crippen MR) is 93.9 cm³/mol. The minimum atomic E-state index is 0.858. The third kappa shape index (κ3) is 6.80. The molecule has 22 heavy (non-hydrogen) atoms. The lowest BCUT2D eigenvalue weighted by Gasteiger charge is -2.19. The van der Waals surface area contributed by atoms with Crippen LogP contribution >= 0.6 is 0 Å². The topological polar surface area (TPSA) is 48.9 Å². The van der Waals surface area contributed by atoms with Gasteiger partial charge in [0.2, 0.25) is 0 Å². The van der Waals surface area contributed by atoms with E-state index in [9.17, 15) is 0 Å². The van der Waals surface area contributed by atoms with Crippen LogP contribution in [0.4, 0.5) is 0 Å². The van der Waals surface area contributed by atoms with E-state index in [2.05, 4.69) is 46.5 Å². The van der Waals surface area contributed by atoms with E-state index < -0.39 is 0 Å². The molecule has 1 rings (SSSR count). The number of hydrogen-bond donors (Lipinski definition) is 2. The van der Waals surface area contributed by atoms with Crippen LogP contribution in [0, 0.1) is 0 Å². The molecule has 0 saturated heterocycles. The highest BCUT2D eigenvalue weighted by molar-refractivity contribution is 5.79. The summed E-state index contributed by atoms with van der Waals surface area (Å²) in [5.41, 5.74) is 1.28. The molecular weight excluding hydrogens is 276 g/mol. The van der Waals surface area contributed by atoms with Gasteiger partial charge in [-0.2, -0.15) is 0 Å². The minimum absolute atomic E-state index is 0.858. The van der Waals surface area contributed by atoms with Gasteiger partial charge in [0.25, 0.3) is 0 Å². The van der Waals surface area contributed by atoms with Gasteiger partial charge >= 0.3 is 0 Å². The standard InChI is InChI=1S/C17H30N4O/c1-5-21(6-2)14-13-20-17(18-3)19-12-11-15-7-9-16(22-4)10-8-15/h7-10H,5-6,11-14H2,1-4H3,(H2,18,19,20). The van der Waals surface area contributed by atoms with Gasteiger partial charge in [0.15, 0.2) is 5.96 Å². The molecule has 0 aliphatic rings. The molecule has 0 atom stereocenters. The van der Waals surface area contributed by atoms with Gasteiger partial charge in [-0.1, -0.05) is 26.0 Å². The number of nitrogens with one attached hydrogen (secondary N) is 2. The zero-order valence-electron chi connectivity index (χ0n) is 14.4. The van der Waals surface area contributed by atoms with Gasteiger partial charge in [-0.05, 0) is 37.2 Å². The summed E-state index contributed by atoms with van der Waals surface area (Å²) in [4.78, 5) is 6.64. The van der Waals surface area contributed by atoms with Crippen molar-refractivity contribution >= 4 is 5.96 Å². The van der Waals surface area contributed by atoms with E-state index in [-0.39, 0.29) is 0 Å². The first-order chi connectivity index (χ1) is 10.7. The number of hydrogen-bond acceptors (Lipinski definition) is 3. The van der Waals surface area contributed by atoms with Gasteiger partial charge in [-0.25, -0.2) is 0 Å². The Morgan fingerprint density at radius 2 is 1.73 bits per heavy atom. The van der Waals surface area contributed by atoms with Crippen molar-refractivity contribution in [3.63, 3.8) is 0 Å². The summed E-state index contributed by atoms with van der Waals surface area (Å²) in [6, 6.07) is 8.17. The lowest BCUT2D eigenvalue weighted by Crippen LogP contribution is -2.42. The molecule has 0 saturated carbocycles. The van der Waals surface area contributed by atoms with Crippen LogP contribution in [0.5, 0.6) is 5.75 Å². The quantitative estimate of drug-likeness (QED) is 0.539. The van der Waals surface area contributed by atoms with Gasteiger partial charge in [0.05, 0.1) is 7.11 Å². The molecule has 0 heterocycles. The summed E-state index contributed by atoms with van der Waals surface area (Å²) >= 11 is 0. The lowest BCUT2D eigenvalue weighted by atomic mass is 10.1. The molecule has 0 unspecified atom stereocenters. The van der Waals surface area contributed by atoms with E-state index in [1.165, 1.54) is 5.56 Å². The van der Waals surface area contributed by atoms with Crippen molar-refractivity contribution in [2.24, 2.45) is 4.99 Å². The largest absolute Gasteiger partial charge is 0.497 e. The second kappa shape index (κ2) is 10.9. The molecule has 0 radical (unpaired) electrons. The normalized spacial score (nSPS) is 11.6. The molecule has 0 aromatic heterocycles. The number of methoxy groups -OCH3 is 1. The Labute approximate surface area is 134 Å². The van der Waals surface area contributed by atoms with Gasteiger partial charge in [-0.15, -0.1) is 0 Å². The molecule has 0 fully saturated rings. The van der Waals surface area contributed by atoms with Crippen molar-refractivity contribution in [3.05, 3.63) is 29.8 Å². The van der Waals surface area contributed by atoms with Crippen LogP contribution in [0.25, 0.3) is 0 Å². The van der Waals surface area contributed by atoms with Crippen molar-refractivity contribution in [1.29, 1.82) is 0 Å². The zero-order valence-corrected chi connectivity index (χ0v) is 14.4. The fraction of sp³-hybridized carbons (Fsp3) is 0.588. The van der Waals surface area contributed by atoms with Crippen molar-refractivity contribution < 1.29 is 4.74 Å². The Morgan fingerprint density at radius 1 is 1.09 bits per heavy atom. The van der Waals surface area contributed by atoms with Crippen LogP contribution in [0.3, 0.4) is 0 Å². The molecule has 5 heteroatoms. The van der Waals surface area contributed by atoms with Crippen molar-refractivity contribution in [3.8, 4) is 5.75 Å². The average molecular weight is 306 g/mol. The van der Waals surface area contributed by atoms with Crippen molar-refractivity contribution in [2.45, 2.75) is 20.3 Å². The number of ether oxygens (including phenoxy) is 1. The molecule has 0 aliphatic heterocycles.